The summed E-state index contributed by atoms with van der Waals surface area (Å²) in [6.45, 7) is 6.94. The lowest BCUT2D eigenvalue weighted by Crippen LogP contribution is -2.52. The van der Waals surface area contributed by atoms with E-state index in [1.54, 1.807) is 7.11 Å². The topological polar surface area (TPSA) is 61.9 Å². The van der Waals surface area contributed by atoms with Gasteiger partial charge in [0.25, 0.3) is 0 Å². The van der Waals surface area contributed by atoms with E-state index in [4.69, 9.17) is 4.74 Å². The fraction of sp³-hybridized carbons (Fsp3) is 0.379. The lowest BCUT2D eigenvalue weighted by atomic mass is 10.0. The molecule has 1 aliphatic rings. The van der Waals surface area contributed by atoms with Gasteiger partial charge in [-0.15, -0.1) is 0 Å². The largest absolute Gasteiger partial charge is 0.497 e. The number of amides is 2. The molecule has 2 amide bonds. The smallest absolute Gasteiger partial charge is 0.245 e. The Morgan fingerprint density at radius 3 is 2.37 bits per heavy atom. The SMILES string of the molecule is COc1ccc(N2CCCN(C(=O)C(NC(=O)Cc3ccc4ccccc4c3)C(C)C)CC2)cc1. The van der Waals surface area contributed by atoms with Gasteiger partial charge in [0.1, 0.15) is 11.8 Å². The van der Waals surface area contributed by atoms with Gasteiger partial charge in [-0.1, -0.05) is 56.3 Å². The third kappa shape index (κ3) is 6.13. The lowest BCUT2D eigenvalue weighted by Gasteiger charge is -2.29. The Labute approximate surface area is 207 Å². The van der Waals surface area contributed by atoms with Crippen molar-refractivity contribution >= 4 is 28.3 Å². The molecule has 6 nitrogen and oxygen atoms in total. The molecule has 1 atom stereocenters. The van der Waals surface area contributed by atoms with Crippen LogP contribution in [0.15, 0.2) is 66.7 Å². The monoisotopic (exact) mass is 473 g/mol. The zero-order valence-electron chi connectivity index (χ0n) is 20.9. The summed E-state index contributed by atoms with van der Waals surface area (Å²) < 4.78 is 5.26. The number of anilines is 1. The van der Waals surface area contributed by atoms with E-state index in [9.17, 15) is 9.59 Å². The zero-order chi connectivity index (χ0) is 24.8. The molecule has 0 spiro atoms. The molecule has 6 heteroatoms. The molecule has 1 unspecified atom stereocenters. The molecule has 1 heterocycles. The number of carbonyl (C=O) groups is 2. The minimum absolute atomic E-state index is 0.00319. The van der Waals surface area contributed by atoms with E-state index in [0.29, 0.717) is 13.1 Å². The van der Waals surface area contributed by atoms with Gasteiger partial charge in [-0.25, -0.2) is 0 Å². The first-order valence-electron chi connectivity index (χ1n) is 12.4. The summed E-state index contributed by atoms with van der Waals surface area (Å²) in [7, 11) is 1.66. The molecule has 0 saturated carbocycles. The Balaban J connectivity index is 1.37. The number of rotatable bonds is 7. The quantitative estimate of drug-likeness (QED) is 0.557. The van der Waals surface area contributed by atoms with Crippen molar-refractivity contribution in [2.75, 3.05) is 38.2 Å². The number of nitrogens with one attached hydrogen (secondary N) is 1. The van der Waals surface area contributed by atoms with Gasteiger partial charge < -0.3 is 19.9 Å². The minimum atomic E-state index is -0.532. The number of nitrogens with zero attached hydrogens (tertiary/aromatic N) is 2. The maximum atomic E-state index is 13.5. The van der Waals surface area contributed by atoms with Crippen LogP contribution in [0, 0.1) is 5.92 Å². The lowest BCUT2D eigenvalue weighted by molar-refractivity contribution is -0.137. The Bertz CT molecular complexity index is 1160. The first-order chi connectivity index (χ1) is 16.9. The van der Waals surface area contributed by atoms with Crippen LogP contribution in [0.2, 0.25) is 0 Å². The molecule has 0 aliphatic carbocycles. The van der Waals surface area contributed by atoms with Crippen molar-refractivity contribution in [1.82, 2.24) is 10.2 Å². The summed E-state index contributed by atoms with van der Waals surface area (Å²) in [4.78, 5) is 30.6. The number of carbonyl (C=O) groups excluding carboxylic acids is 2. The van der Waals surface area contributed by atoms with Gasteiger partial charge in [0.15, 0.2) is 0 Å². The van der Waals surface area contributed by atoms with Crippen LogP contribution in [0.5, 0.6) is 5.75 Å². The van der Waals surface area contributed by atoms with Crippen molar-refractivity contribution in [3.8, 4) is 5.75 Å². The normalized spacial score (nSPS) is 15.1. The molecule has 3 aromatic carbocycles. The molecule has 0 bridgehead atoms. The van der Waals surface area contributed by atoms with Crippen molar-refractivity contribution in [1.29, 1.82) is 0 Å². The van der Waals surface area contributed by atoms with Crippen molar-refractivity contribution < 1.29 is 14.3 Å². The summed E-state index contributed by atoms with van der Waals surface area (Å²) in [6.07, 6.45) is 1.14. The highest BCUT2D eigenvalue weighted by Crippen LogP contribution is 2.21. The molecule has 1 N–H and O–H groups in total. The molecule has 35 heavy (non-hydrogen) atoms. The van der Waals surface area contributed by atoms with Gasteiger partial charge in [0.2, 0.25) is 11.8 Å². The van der Waals surface area contributed by atoms with Crippen LogP contribution >= 0.6 is 0 Å². The molecule has 4 rings (SSSR count). The van der Waals surface area contributed by atoms with E-state index in [1.807, 2.05) is 67.3 Å². The Kier molecular flexibility index (Phi) is 7.91. The van der Waals surface area contributed by atoms with Gasteiger partial charge in [-0.05, 0) is 52.9 Å². The maximum Gasteiger partial charge on any atom is 0.245 e. The van der Waals surface area contributed by atoms with Crippen LogP contribution in [-0.4, -0.2) is 56.0 Å². The second-order valence-corrected chi connectivity index (χ2v) is 9.51. The third-order valence-corrected chi connectivity index (χ3v) is 6.67. The highest BCUT2D eigenvalue weighted by atomic mass is 16.5. The van der Waals surface area contributed by atoms with Crippen molar-refractivity contribution in [3.05, 3.63) is 72.3 Å². The third-order valence-electron chi connectivity index (χ3n) is 6.67. The summed E-state index contributed by atoms with van der Waals surface area (Å²) in [6, 6.07) is 21.7. The molecule has 1 aliphatic heterocycles. The number of hydrogen-bond donors (Lipinski definition) is 1. The van der Waals surface area contributed by atoms with Crippen LogP contribution in [0.4, 0.5) is 5.69 Å². The van der Waals surface area contributed by atoms with Crippen LogP contribution in [-0.2, 0) is 16.0 Å². The van der Waals surface area contributed by atoms with Gasteiger partial charge in [-0.3, -0.25) is 9.59 Å². The number of hydrogen-bond acceptors (Lipinski definition) is 4. The summed E-state index contributed by atoms with van der Waals surface area (Å²) in [5.41, 5.74) is 2.07. The van der Waals surface area contributed by atoms with E-state index in [0.717, 1.165) is 47.3 Å². The molecule has 0 radical (unpaired) electrons. The number of fused-ring (bicyclic) bond motifs is 1. The fourth-order valence-corrected chi connectivity index (χ4v) is 4.66. The number of ether oxygens (including phenoxy) is 1. The summed E-state index contributed by atoms with van der Waals surface area (Å²) in [5.74, 6) is 0.717. The first-order valence-corrected chi connectivity index (χ1v) is 12.4. The molecule has 1 fully saturated rings. The van der Waals surface area contributed by atoms with Crippen LogP contribution in [0.3, 0.4) is 0 Å². The molecular weight excluding hydrogens is 438 g/mol. The molecule has 3 aromatic rings. The van der Waals surface area contributed by atoms with Gasteiger partial charge in [-0.2, -0.15) is 0 Å². The van der Waals surface area contributed by atoms with E-state index in [-0.39, 0.29) is 24.2 Å². The molecule has 184 valence electrons. The van der Waals surface area contributed by atoms with E-state index >= 15 is 0 Å². The zero-order valence-corrected chi connectivity index (χ0v) is 20.9. The highest BCUT2D eigenvalue weighted by Gasteiger charge is 2.30. The average molecular weight is 474 g/mol. The average Bonchev–Trinajstić information content (AvgIpc) is 3.13. The molecule has 1 saturated heterocycles. The van der Waals surface area contributed by atoms with Crippen LogP contribution < -0.4 is 15.0 Å². The van der Waals surface area contributed by atoms with Crippen molar-refractivity contribution in [2.45, 2.75) is 32.7 Å². The standard InChI is InChI=1S/C29H35N3O3/c1-21(2)28(30-27(33)20-22-9-10-23-7-4-5-8-24(23)19-22)29(34)32-16-6-15-31(17-18-32)25-11-13-26(35-3)14-12-25/h4-5,7-14,19,21,28H,6,15-18,20H2,1-3H3,(H,30,33). The fourth-order valence-electron chi connectivity index (χ4n) is 4.66. The van der Waals surface area contributed by atoms with E-state index in [2.05, 4.69) is 28.4 Å². The minimum Gasteiger partial charge on any atom is -0.497 e. The van der Waals surface area contributed by atoms with Gasteiger partial charge in [0, 0.05) is 31.9 Å². The van der Waals surface area contributed by atoms with E-state index < -0.39 is 6.04 Å². The summed E-state index contributed by atoms with van der Waals surface area (Å²) >= 11 is 0. The van der Waals surface area contributed by atoms with Crippen molar-refractivity contribution in [3.63, 3.8) is 0 Å². The molecular formula is C29H35N3O3. The van der Waals surface area contributed by atoms with Gasteiger partial charge >= 0.3 is 0 Å². The van der Waals surface area contributed by atoms with Gasteiger partial charge in [0.05, 0.1) is 13.5 Å². The van der Waals surface area contributed by atoms with E-state index in [1.165, 1.54) is 0 Å². The number of methoxy groups -OCH3 is 1. The number of benzene rings is 3. The predicted molar refractivity (Wildman–Crippen MR) is 141 cm³/mol. The Morgan fingerprint density at radius 2 is 1.66 bits per heavy atom. The molecule has 0 aromatic heterocycles. The predicted octanol–water partition coefficient (Wildman–Crippen LogP) is 4.27. The van der Waals surface area contributed by atoms with Crippen LogP contribution in [0.1, 0.15) is 25.8 Å². The second-order valence-electron chi connectivity index (χ2n) is 9.51. The van der Waals surface area contributed by atoms with Crippen LogP contribution in [0.25, 0.3) is 10.8 Å². The Morgan fingerprint density at radius 1 is 0.914 bits per heavy atom. The highest BCUT2D eigenvalue weighted by molar-refractivity contribution is 5.90. The summed E-state index contributed by atoms with van der Waals surface area (Å²) in [5, 5.41) is 5.29. The first kappa shape index (κ1) is 24.6. The Hall–Kier alpha value is -3.54. The second kappa shape index (κ2) is 11.3. The van der Waals surface area contributed by atoms with Crippen molar-refractivity contribution in [2.24, 2.45) is 5.92 Å². The maximum absolute atomic E-state index is 13.5.